The minimum atomic E-state index is 0.0983. The van der Waals surface area contributed by atoms with Crippen LogP contribution in [0.3, 0.4) is 0 Å². The highest BCUT2D eigenvalue weighted by Crippen LogP contribution is 2.20. The zero-order chi connectivity index (χ0) is 6.97. The first-order valence-electron chi connectivity index (χ1n) is 3.24. The van der Waals surface area contributed by atoms with Gasteiger partial charge < -0.3 is 5.32 Å². The number of hydrogen-bond acceptors (Lipinski definition) is 1. The predicted molar refractivity (Wildman–Crippen MR) is 38.8 cm³/mol. The summed E-state index contributed by atoms with van der Waals surface area (Å²) in [7, 11) is 0. The third-order valence-electron chi connectivity index (χ3n) is 1.64. The van der Waals surface area contributed by atoms with E-state index in [1.807, 2.05) is 24.3 Å². The van der Waals surface area contributed by atoms with Crippen LogP contribution in [0.1, 0.15) is 5.56 Å². The topological polar surface area (TPSA) is 29.1 Å². The number of hydrogen-bond donors (Lipinski definition) is 1. The van der Waals surface area contributed by atoms with E-state index in [2.05, 4.69) is 5.32 Å². The van der Waals surface area contributed by atoms with Crippen LogP contribution in [0.15, 0.2) is 24.3 Å². The highest BCUT2D eigenvalue weighted by atomic mass is 16.3. The van der Waals surface area contributed by atoms with Crippen molar-refractivity contribution < 1.29 is 4.79 Å². The lowest BCUT2D eigenvalue weighted by Gasteiger charge is -1.93. The smallest absolute Gasteiger partial charge is 0.228 e. The Morgan fingerprint density at radius 1 is 1.40 bits per heavy atom. The summed E-state index contributed by atoms with van der Waals surface area (Å²) in [5.74, 6) is 0.0983. The first-order chi connectivity index (χ1) is 4.86. The van der Waals surface area contributed by atoms with Crippen molar-refractivity contribution in [3.63, 3.8) is 0 Å². The molecule has 1 aliphatic heterocycles. The average molecular weight is 135 g/mol. The van der Waals surface area contributed by atoms with Gasteiger partial charge in [0, 0.05) is 5.69 Å². The number of rotatable bonds is 0. The summed E-state index contributed by atoms with van der Waals surface area (Å²) in [6.07, 6.45) is 0.538. The van der Waals surface area contributed by atoms with Crippen molar-refractivity contribution in [2.24, 2.45) is 0 Å². The van der Waals surface area contributed by atoms with Crippen molar-refractivity contribution >= 4 is 11.6 Å². The van der Waals surface area contributed by atoms with E-state index in [9.17, 15) is 4.79 Å². The number of para-hydroxylation sites is 1. The lowest BCUT2D eigenvalue weighted by atomic mass is 10.2. The maximum absolute atomic E-state index is 10.8. The van der Waals surface area contributed by atoms with Crippen LogP contribution < -0.4 is 5.32 Å². The number of benzene rings is 1. The highest BCUT2D eigenvalue weighted by molar-refractivity contribution is 5.98. The first kappa shape index (κ1) is 5.47. The molecule has 0 unspecified atom stereocenters. The molecule has 2 heteroatoms. The van der Waals surface area contributed by atoms with E-state index in [-0.39, 0.29) is 5.91 Å². The number of anilines is 1. The van der Waals surface area contributed by atoms with Gasteiger partial charge in [-0.25, -0.2) is 0 Å². The van der Waals surface area contributed by atoms with Crippen LogP contribution in [0.25, 0.3) is 0 Å². The third kappa shape index (κ3) is 0.692. The second-order valence-electron chi connectivity index (χ2n) is 2.38. The van der Waals surface area contributed by atoms with Crippen molar-refractivity contribution in [3.05, 3.63) is 29.8 Å². The van der Waals surface area contributed by atoms with Gasteiger partial charge >= 0.3 is 0 Å². The number of nitrogens with one attached hydrogen (secondary N) is 1. The fourth-order valence-corrected chi connectivity index (χ4v) is 1.16. The molecule has 0 atom stereocenters. The van der Waals surface area contributed by atoms with Crippen molar-refractivity contribution in [2.75, 3.05) is 5.32 Å². The molecule has 1 aromatic carbocycles. The summed E-state index contributed by atoms with van der Waals surface area (Å²) >= 11 is 0. The predicted octanol–water partition coefficient (Wildman–Crippen LogP) is 1.18. The summed E-state index contributed by atoms with van der Waals surface area (Å²) in [5, 5.41) is 2.76. The molecule has 2 nitrogen and oxygen atoms in total. The van der Waals surface area contributed by atoms with Crippen LogP contribution in [-0.2, 0) is 11.2 Å². The Balaban J connectivity index is 2.51. The second kappa shape index (κ2) is 1.84. The lowest BCUT2D eigenvalue weighted by Crippen LogP contribution is -2.03. The van der Waals surface area contributed by atoms with Crippen LogP contribution >= 0.6 is 0 Å². The van der Waals surface area contributed by atoms with E-state index in [0.29, 0.717) is 6.42 Å². The summed E-state index contributed by atoms with van der Waals surface area (Å²) in [6.45, 7) is 0. The van der Waals surface area contributed by atoms with E-state index < -0.39 is 0 Å². The van der Waals surface area contributed by atoms with Gasteiger partial charge in [-0.15, -0.1) is 0 Å². The minimum absolute atomic E-state index is 0.0983. The van der Waals surface area contributed by atoms with Crippen molar-refractivity contribution in [1.29, 1.82) is 0 Å². The van der Waals surface area contributed by atoms with Crippen molar-refractivity contribution in [3.8, 4) is 0 Å². The fraction of sp³-hybridized carbons (Fsp3) is 0.125. The molecule has 0 aromatic heterocycles. The highest BCUT2D eigenvalue weighted by Gasteiger charge is 2.15. The quantitative estimate of drug-likeness (QED) is 0.568. The Labute approximate surface area is 58.9 Å². The Hall–Kier alpha value is -1.31. The molecule has 10 heavy (non-hydrogen) atoms. The third-order valence-corrected chi connectivity index (χ3v) is 1.64. The summed E-state index contributed by atoms with van der Waals surface area (Å²) < 4.78 is 0. The molecule has 0 bridgehead atoms. The Kier molecular flexibility index (Phi) is 1.01. The van der Waals surface area contributed by atoms with Gasteiger partial charge in [0.05, 0.1) is 6.42 Å². The molecule has 0 fully saturated rings. The average Bonchev–Trinajstić information content (AvgIpc) is 2.27. The van der Waals surface area contributed by atoms with E-state index in [4.69, 9.17) is 0 Å². The Morgan fingerprint density at radius 2 is 2.20 bits per heavy atom. The summed E-state index contributed by atoms with van der Waals surface area (Å²) in [5.41, 5.74) is 2.07. The Morgan fingerprint density at radius 3 is 3.00 bits per heavy atom. The molecule has 0 spiro atoms. The molecular weight excluding hydrogens is 128 g/mol. The summed E-state index contributed by atoms with van der Waals surface area (Å²) in [6, 6.07) is 7.75. The maximum atomic E-state index is 10.8. The van der Waals surface area contributed by atoms with Gasteiger partial charge in [-0.3, -0.25) is 4.79 Å². The number of fused-ring (bicyclic) bond motifs is 1. The largest absolute Gasteiger partial charge is 0.326 e. The van der Waals surface area contributed by atoms with Crippen LogP contribution in [0.4, 0.5) is 5.69 Å². The normalized spacial score (nSPS) is 14.6. The molecule has 1 heterocycles. The zero-order valence-corrected chi connectivity index (χ0v) is 5.42. The molecular formula is C8H7NO. The lowest BCUT2D eigenvalue weighted by molar-refractivity contribution is -0.115. The molecule has 0 radical (unpaired) electrons. The molecule has 2 rings (SSSR count). The molecule has 1 aliphatic rings. The molecule has 50 valence electrons. The van der Waals surface area contributed by atoms with Crippen LogP contribution in [0.5, 0.6) is 0 Å². The summed E-state index contributed by atoms with van der Waals surface area (Å²) in [4.78, 5) is 10.8. The monoisotopic (exact) mass is 135 g/mol. The second-order valence-corrected chi connectivity index (χ2v) is 2.38. The van der Waals surface area contributed by atoms with Gasteiger partial charge in [-0.05, 0) is 11.6 Å². The molecule has 1 N–H and O–H groups in total. The Bertz CT molecular complexity index is 253. The number of carbonyl (C=O) groups is 1. The van der Waals surface area contributed by atoms with E-state index in [1.54, 1.807) is 0 Å². The van der Waals surface area contributed by atoms with Gasteiger partial charge in [0.2, 0.25) is 5.91 Å². The number of carbonyl (C=O) groups excluding carboxylic acids is 1. The van der Waals surface area contributed by atoms with Gasteiger partial charge in [-0.2, -0.15) is 0 Å². The molecule has 0 saturated heterocycles. The van der Waals surface area contributed by atoms with Crippen molar-refractivity contribution in [2.45, 2.75) is 6.42 Å². The van der Waals surface area contributed by atoms with Gasteiger partial charge in [0.15, 0.2) is 0 Å². The van der Waals surface area contributed by atoms with Crippen LogP contribution in [0.2, 0.25) is 0 Å². The van der Waals surface area contributed by atoms with E-state index in [0.717, 1.165) is 11.3 Å². The minimum Gasteiger partial charge on any atom is -0.326 e. The van der Waals surface area contributed by atoms with Crippen LogP contribution in [-0.4, -0.2) is 5.91 Å². The first-order valence-corrected chi connectivity index (χ1v) is 3.24. The number of amides is 1. The fourth-order valence-electron chi connectivity index (χ4n) is 1.16. The van der Waals surface area contributed by atoms with Crippen molar-refractivity contribution in [1.82, 2.24) is 0 Å². The van der Waals surface area contributed by atoms with E-state index >= 15 is 0 Å². The van der Waals surface area contributed by atoms with Crippen LogP contribution in [0, 0.1) is 0 Å². The molecule has 0 saturated carbocycles. The SMILES string of the molecule is O=[14C]1Cc2ccccc2N1. The molecule has 1 amide bonds. The van der Waals surface area contributed by atoms with Gasteiger partial charge in [-0.1, -0.05) is 18.2 Å². The molecule has 0 aliphatic carbocycles. The zero-order valence-electron chi connectivity index (χ0n) is 5.42. The van der Waals surface area contributed by atoms with Gasteiger partial charge in [0.1, 0.15) is 0 Å². The van der Waals surface area contributed by atoms with E-state index in [1.165, 1.54) is 0 Å². The molecule has 1 aromatic rings. The standard InChI is InChI=1S/C8H7NO/c10-8-5-6-3-1-2-4-7(6)9-8/h1-4H,5H2,(H,9,10)/i8+2. The van der Waals surface area contributed by atoms with Gasteiger partial charge in [0.25, 0.3) is 0 Å². The maximum Gasteiger partial charge on any atom is 0.228 e.